The lowest BCUT2D eigenvalue weighted by Crippen LogP contribution is -2.15. The van der Waals surface area contributed by atoms with Crippen LogP contribution in [-0.2, 0) is 11.8 Å². The topological polar surface area (TPSA) is 103 Å². The number of carbonyl (C=O) groups excluding carboxylic acids is 1. The molecule has 0 saturated carbocycles. The number of aromatic nitrogens is 3. The minimum Gasteiger partial charge on any atom is -0.324 e. The Labute approximate surface area is 177 Å². The Morgan fingerprint density at radius 1 is 1.29 bits per heavy atom. The van der Waals surface area contributed by atoms with Crippen molar-refractivity contribution in [2.75, 3.05) is 11.1 Å². The smallest absolute Gasteiger partial charge is 0.271 e. The second-order valence-corrected chi connectivity index (χ2v) is 7.90. The zero-order valence-electron chi connectivity index (χ0n) is 14.4. The molecule has 0 fully saturated rings. The van der Waals surface area contributed by atoms with Crippen LogP contribution in [-0.4, -0.2) is 31.3 Å². The van der Waals surface area contributed by atoms with Crippen molar-refractivity contribution in [1.29, 1.82) is 0 Å². The van der Waals surface area contributed by atoms with Gasteiger partial charge in [-0.15, -0.1) is 10.2 Å². The first kappa shape index (κ1) is 20.3. The van der Waals surface area contributed by atoms with Gasteiger partial charge in [-0.3, -0.25) is 14.9 Å². The summed E-state index contributed by atoms with van der Waals surface area (Å²) in [6, 6.07) is 11.5. The van der Waals surface area contributed by atoms with Gasteiger partial charge in [0, 0.05) is 29.2 Å². The second kappa shape index (κ2) is 8.72. The minimum atomic E-state index is -0.552. The average Bonchev–Trinajstić information content (AvgIpc) is 3.03. The molecule has 3 rings (SSSR count). The number of nitro groups is 1. The summed E-state index contributed by atoms with van der Waals surface area (Å²) in [6.07, 6.45) is 0. The fraction of sp³-hybridized carbons (Fsp3) is 0.118. The van der Waals surface area contributed by atoms with Gasteiger partial charge in [0.15, 0.2) is 11.0 Å². The number of benzene rings is 2. The van der Waals surface area contributed by atoms with Crippen LogP contribution in [0.1, 0.15) is 0 Å². The first-order chi connectivity index (χ1) is 13.3. The van der Waals surface area contributed by atoms with Crippen LogP contribution in [0.5, 0.6) is 0 Å². The molecule has 0 atom stereocenters. The fourth-order valence-electron chi connectivity index (χ4n) is 2.33. The molecule has 11 heteroatoms. The average molecular weight is 483 g/mol. The normalized spacial score (nSPS) is 10.7. The summed E-state index contributed by atoms with van der Waals surface area (Å²) in [4.78, 5) is 22.5. The van der Waals surface area contributed by atoms with Gasteiger partial charge in [-0.2, -0.15) is 0 Å². The van der Waals surface area contributed by atoms with E-state index in [0.717, 1.165) is 10.0 Å². The fourth-order valence-corrected chi connectivity index (χ4v) is 3.47. The van der Waals surface area contributed by atoms with Crippen LogP contribution in [0, 0.1) is 10.1 Å². The molecule has 1 heterocycles. The van der Waals surface area contributed by atoms with Crippen LogP contribution in [0.2, 0.25) is 5.02 Å². The number of nitrogens with one attached hydrogen (secondary N) is 1. The molecular formula is C17H13BrClN5O3S. The van der Waals surface area contributed by atoms with E-state index in [2.05, 4.69) is 31.4 Å². The molecule has 28 heavy (non-hydrogen) atoms. The Kier molecular flexibility index (Phi) is 6.32. The Bertz CT molecular complexity index is 1040. The van der Waals surface area contributed by atoms with Crippen molar-refractivity contribution in [2.24, 2.45) is 7.05 Å². The maximum absolute atomic E-state index is 12.2. The molecule has 3 aromatic rings. The SMILES string of the molecule is Cn1c(SCC(=O)Nc2cc([N+](=O)[O-])ccc2Cl)nnc1-c1ccc(Br)cc1. The lowest BCUT2D eigenvalue weighted by Gasteiger charge is -2.07. The first-order valence-corrected chi connectivity index (χ1v) is 10.0. The Balaban J connectivity index is 1.66. The summed E-state index contributed by atoms with van der Waals surface area (Å²) in [5.41, 5.74) is 0.938. The van der Waals surface area contributed by atoms with Crippen LogP contribution in [0.25, 0.3) is 11.4 Å². The lowest BCUT2D eigenvalue weighted by atomic mass is 10.2. The molecule has 1 N–H and O–H groups in total. The number of anilines is 1. The third-order valence-electron chi connectivity index (χ3n) is 3.70. The summed E-state index contributed by atoms with van der Waals surface area (Å²) in [6.45, 7) is 0. The number of rotatable bonds is 6. The van der Waals surface area contributed by atoms with Crippen LogP contribution >= 0.6 is 39.3 Å². The molecule has 0 bridgehead atoms. The van der Waals surface area contributed by atoms with Crippen LogP contribution in [0.3, 0.4) is 0 Å². The van der Waals surface area contributed by atoms with Crippen molar-refractivity contribution in [3.05, 3.63) is 62.1 Å². The molecule has 0 spiro atoms. The van der Waals surface area contributed by atoms with E-state index in [9.17, 15) is 14.9 Å². The summed E-state index contributed by atoms with van der Waals surface area (Å²) in [5, 5.41) is 22.5. The number of non-ortho nitro benzene ring substituents is 1. The molecule has 0 radical (unpaired) electrons. The summed E-state index contributed by atoms with van der Waals surface area (Å²) in [7, 11) is 1.81. The van der Waals surface area contributed by atoms with Gasteiger partial charge >= 0.3 is 0 Å². The highest BCUT2D eigenvalue weighted by Crippen LogP contribution is 2.28. The van der Waals surface area contributed by atoms with Gasteiger partial charge in [0.1, 0.15) is 0 Å². The van der Waals surface area contributed by atoms with Crippen molar-refractivity contribution in [3.63, 3.8) is 0 Å². The number of carbonyl (C=O) groups is 1. The van der Waals surface area contributed by atoms with Crippen molar-refractivity contribution < 1.29 is 9.72 Å². The van der Waals surface area contributed by atoms with Crippen LogP contribution in [0.4, 0.5) is 11.4 Å². The van der Waals surface area contributed by atoms with Gasteiger partial charge in [0.05, 0.1) is 21.4 Å². The van der Waals surface area contributed by atoms with E-state index in [4.69, 9.17) is 11.6 Å². The highest BCUT2D eigenvalue weighted by Gasteiger charge is 2.15. The van der Waals surface area contributed by atoms with Gasteiger partial charge in [0.25, 0.3) is 5.69 Å². The monoisotopic (exact) mass is 481 g/mol. The third kappa shape index (κ3) is 4.70. The van der Waals surface area contributed by atoms with Crippen molar-refractivity contribution in [3.8, 4) is 11.4 Å². The molecular weight excluding hydrogens is 470 g/mol. The predicted molar refractivity (Wildman–Crippen MR) is 112 cm³/mol. The quantitative estimate of drug-likeness (QED) is 0.314. The van der Waals surface area contributed by atoms with Crippen LogP contribution < -0.4 is 5.32 Å². The maximum atomic E-state index is 12.2. The molecule has 1 aromatic heterocycles. The van der Waals surface area contributed by atoms with E-state index in [0.29, 0.717) is 11.0 Å². The molecule has 1 amide bonds. The highest BCUT2D eigenvalue weighted by atomic mass is 79.9. The molecule has 144 valence electrons. The number of nitro benzene ring substituents is 1. The van der Waals surface area contributed by atoms with E-state index in [1.54, 1.807) is 4.57 Å². The van der Waals surface area contributed by atoms with Crippen molar-refractivity contribution in [1.82, 2.24) is 14.8 Å². The highest BCUT2D eigenvalue weighted by molar-refractivity contribution is 9.10. The Morgan fingerprint density at radius 3 is 2.68 bits per heavy atom. The summed E-state index contributed by atoms with van der Waals surface area (Å²) in [5.74, 6) is 0.364. The standard InChI is InChI=1S/C17H13BrClN5O3S/c1-23-16(10-2-4-11(18)5-3-10)21-22-17(23)28-9-15(25)20-14-8-12(24(26)27)6-7-13(14)19/h2-8H,9H2,1H3,(H,20,25). The number of hydrogen-bond acceptors (Lipinski definition) is 6. The molecule has 2 aromatic carbocycles. The van der Waals surface area contributed by atoms with E-state index in [1.807, 2.05) is 31.3 Å². The Morgan fingerprint density at radius 2 is 2.00 bits per heavy atom. The van der Waals surface area contributed by atoms with E-state index < -0.39 is 4.92 Å². The maximum Gasteiger partial charge on any atom is 0.271 e. The van der Waals surface area contributed by atoms with E-state index in [-0.39, 0.29) is 28.1 Å². The zero-order valence-corrected chi connectivity index (χ0v) is 17.6. The number of hydrogen-bond donors (Lipinski definition) is 1. The molecule has 0 aliphatic rings. The predicted octanol–water partition coefficient (Wildman–Crippen LogP) is 4.54. The van der Waals surface area contributed by atoms with E-state index in [1.165, 1.54) is 30.0 Å². The van der Waals surface area contributed by atoms with E-state index >= 15 is 0 Å². The number of thioether (sulfide) groups is 1. The van der Waals surface area contributed by atoms with Crippen molar-refractivity contribution >= 4 is 56.6 Å². The third-order valence-corrected chi connectivity index (χ3v) is 5.58. The van der Waals surface area contributed by atoms with Gasteiger partial charge in [-0.25, -0.2) is 0 Å². The number of nitrogens with zero attached hydrogens (tertiary/aromatic N) is 4. The molecule has 0 aliphatic carbocycles. The summed E-state index contributed by atoms with van der Waals surface area (Å²) >= 11 is 10.6. The molecule has 0 aliphatic heterocycles. The van der Waals surface area contributed by atoms with Gasteiger partial charge in [-0.1, -0.05) is 51.4 Å². The summed E-state index contributed by atoms with van der Waals surface area (Å²) < 4.78 is 2.76. The Hall–Kier alpha value is -2.43. The largest absolute Gasteiger partial charge is 0.324 e. The zero-order chi connectivity index (χ0) is 20.3. The number of amides is 1. The molecule has 8 nitrogen and oxygen atoms in total. The van der Waals surface area contributed by atoms with Gasteiger partial charge in [-0.05, 0) is 18.2 Å². The second-order valence-electron chi connectivity index (χ2n) is 5.63. The van der Waals surface area contributed by atoms with Crippen LogP contribution in [0.15, 0.2) is 52.1 Å². The number of halogens is 2. The van der Waals surface area contributed by atoms with Crippen molar-refractivity contribution in [2.45, 2.75) is 5.16 Å². The first-order valence-electron chi connectivity index (χ1n) is 7.87. The molecule has 0 saturated heterocycles. The van der Waals surface area contributed by atoms with Gasteiger partial charge in [0.2, 0.25) is 5.91 Å². The minimum absolute atomic E-state index is 0.0470. The molecule has 0 unspecified atom stereocenters. The van der Waals surface area contributed by atoms with Gasteiger partial charge < -0.3 is 9.88 Å². The lowest BCUT2D eigenvalue weighted by molar-refractivity contribution is -0.384.